The van der Waals surface area contributed by atoms with Crippen LogP contribution in [0.25, 0.3) is 0 Å². The summed E-state index contributed by atoms with van der Waals surface area (Å²) in [6.07, 6.45) is 5.21. The van der Waals surface area contributed by atoms with E-state index < -0.39 is 0 Å². The molecule has 2 heterocycles. The summed E-state index contributed by atoms with van der Waals surface area (Å²) in [5.74, 6) is 0.191. The zero-order valence-electron chi connectivity index (χ0n) is 10.1. The minimum absolute atomic E-state index is 0.0180. The van der Waals surface area contributed by atoms with Crippen molar-refractivity contribution < 1.29 is 4.79 Å². The molecule has 0 aliphatic carbocycles. The van der Waals surface area contributed by atoms with Crippen LogP contribution in [-0.2, 0) is 11.3 Å². The molecule has 1 N–H and O–H groups in total. The number of amides is 1. The lowest BCUT2D eigenvalue weighted by Crippen LogP contribution is -2.50. The Labute approximate surface area is 101 Å². The smallest absolute Gasteiger partial charge is 0.240 e. The molecule has 0 bridgehead atoms. The minimum atomic E-state index is -0.0180. The predicted octanol–water partition coefficient (Wildman–Crippen LogP) is 0.577. The standard InChI is InChI=1S/C12H18N4O/c1-2-14-11-4-3-7-16(12(11)17)8-10-5-6-13-9-15-10/h5-6,9,11,14H,2-4,7-8H2,1H3. The van der Waals surface area contributed by atoms with Gasteiger partial charge in [-0.25, -0.2) is 9.97 Å². The highest BCUT2D eigenvalue weighted by Gasteiger charge is 2.27. The van der Waals surface area contributed by atoms with Crippen molar-refractivity contribution in [2.75, 3.05) is 13.1 Å². The fraction of sp³-hybridized carbons (Fsp3) is 0.583. The van der Waals surface area contributed by atoms with Crippen LogP contribution in [0.5, 0.6) is 0 Å². The highest BCUT2D eigenvalue weighted by Crippen LogP contribution is 2.13. The van der Waals surface area contributed by atoms with E-state index in [9.17, 15) is 4.79 Å². The number of nitrogens with zero attached hydrogens (tertiary/aromatic N) is 3. The van der Waals surface area contributed by atoms with Crippen LogP contribution >= 0.6 is 0 Å². The molecule has 1 amide bonds. The molecule has 5 heteroatoms. The van der Waals surface area contributed by atoms with Crippen LogP contribution in [0.1, 0.15) is 25.5 Å². The number of hydrogen-bond acceptors (Lipinski definition) is 4. The van der Waals surface area contributed by atoms with Crippen molar-refractivity contribution in [3.05, 3.63) is 24.3 Å². The third-order valence-electron chi connectivity index (χ3n) is 2.98. The Morgan fingerprint density at radius 1 is 1.59 bits per heavy atom. The van der Waals surface area contributed by atoms with Gasteiger partial charge in [-0.2, -0.15) is 0 Å². The number of likely N-dealkylation sites (N-methyl/N-ethyl adjacent to an activating group) is 1. The largest absolute Gasteiger partial charge is 0.335 e. The number of piperidine rings is 1. The van der Waals surface area contributed by atoms with Gasteiger partial charge in [0.1, 0.15) is 6.33 Å². The van der Waals surface area contributed by atoms with Gasteiger partial charge in [0.05, 0.1) is 18.3 Å². The molecular weight excluding hydrogens is 216 g/mol. The Morgan fingerprint density at radius 3 is 3.18 bits per heavy atom. The molecule has 0 aromatic carbocycles. The van der Waals surface area contributed by atoms with Crippen LogP contribution in [0.3, 0.4) is 0 Å². The molecule has 1 aromatic rings. The van der Waals surface area contributed by atoms with Crippen LogP contribution in [0, 0.1) is 0 Å². The first-order valence-electron chi connectivity index (χ1n) is 6.08. The highest BCUT2D eigenvalue weighted by atomic mass is 16.2. The van der Waals surface area contributed by atoms with Gasteiger partial charge in [0, 0.05) is 12.7 Å². The van der Waals surface area contributed by atoms with Crippen molar-refractivity contribution in [1.82, 2.24) is 20.2 Å². The summed E-state index contributed by atoms with van der Waals surface area (Å²) >= 11 is 0. The number of likely N-dealkylation sites (tertiary alicyclic amines) is 1. The lowest BCUT2D eigenvalue weighted by atomic mass is 10.0. The third kappa shape index (κ3) is 3.00. The number of hydrogen-bond donors (Lipinski definition) is 1. The first kappa shape index (κ1) is 12.0. The van der Waals surface area contributed by atoms with Crippen LogP contribution in [-0.4, -0.2) is 39.9 Å². The van der Waals surface area contributed by atoms with Gasteiger partial charge in [-0.05, 0) is 25.5 Å². The molecule has 2 rings (SSSR count). The monoisotopic (exact) mass is 234 g/mol. The number of aromatic nitrogens is 2. The van der Waals surface area contributed by atoms with E-state index in [1.165, 1.54) is 6.33 Å². The molecule has 0 radical (unpaired) electrons. The van der Waals surface area contributed by atoms with Gasteiger partial charge >= 0.3 is 0 Å². The molecule has 1 aliphatic heterocycles. The molecule has 1 saturated heterocycles. The predicted molar refractivity (Wildman–Crippen MR) is 64.1 cm³/mol. The van der Waals surface area contributed by atoms with Crippen LogP contribution in [0.2, 0.25) is 0 Å². The molecule has 1 aromatic heterocycles. The topological polar surface area (TPSA) is 58.1 Å². The Bertz CT molecular complexity index is 366. The molecule has 17 heavy (non-hydrogen) atoms. The van der Waals surface area contributed by atoms with E-state index in [0.717, 1.165) is 31.6 Å². The van der Waals surface area contributed by atoms with E-state index in [1.54, 1.807) is 6.20 Å². The van der Waals surface area contributed by atoms with Gasteiger partial charge in [-0.1, -0.05) is 6.92 Å². The van der Waals surface area contributed by atoms with Crippen molar-refractivity contribution in [3.63, 3.8) is 0 Å². The summed E-state index contributed by atoms with van der Waals surface area (Å²) in [4.78, 5) is 22.0. The second-order valence-corrected chi connectivity index (χ2v) is 4.21. The summed E-state index contributed by atoms with van der Waals surface area (Å²) < 4.78 is 0. The van der Waals surface area contributed by atoms with E-state index in [0.29, 0.717) is 6.54 Å². The fourth-order valence-electron chi connectivity index (χ4n) is 2.14. The number of carbonyl (C=O) groups is 1. The summed E-state index contributed by atoms with van der Waals surface area (Å²) in [5, 5.41) is 3.23. The number of rotatable bonds is 4. The maximum atomic E-state index is 12.1. The maximum Gasteiger partial charge on any atom is 0.240 e. The van der Waals surface area contributed by atoms with Gasteiger partial charge in [-0.3, -0.25) is 4.79 Å². The average molecular weight is 234 g/mol. The third-order valence-corrected chi connectivity index (χ3v) is 2.98. The Balaban J connectivity index is 1.98. The molecule has 5 nitrogen and oxygen atoms in total. The maximum absolute atomic E-state index is 12.1. The van der Waals surface area contributed by atoms with Gasteiger partial charge in [0.2, 0.25) is 5.91 Å². The van der Waals surface area contributed by atoms with Crippen molar-refractivity contribution in [2.24, 2.45) is 0 Å². The SMILES string of the molecule is CCNC1CCCN(Cc2ccncn2)C1=O. The second-order valence-electron chi connectivity index (χ2n) is 4.21. The zero-order chi connectivity index (χ0) is 12.1. The average Bonchev–Trinajstić information content (AvgIpc) is 2.36. The fourth-order valence-corrected chi connectivity index (χ4v) is 2.14. The normalized spacial score (nSPS) is 20.6. The summed E-state index contributed by atoms with van der Waals surface area (Å²) in [6, 6.07) is 1.83. The van der Waals surface area contributed by atoms with Crippen molar-refractivity contribution >= 4 is 5.91 Å². The van der Waals surface area contributed by atoms with Crippen LogP contribution in [0.15, 0.2) is 18.6 Å². The van der Waals surface area contributed by atoms with E-state index in [1.807, 2.05) is 17.9 Å². The number of carbonyl (C=O) groups excluding carboxylic acids is 1. The van der Waals surface area contributed by atoms with Gasteiger partial charge in [-0.15, -0.1) is 0 Å². The molecule has 92 valence electrons. The van der Waals surface area contributed by atoms with Crippen LogP contribution < -0.4 is 5.32 Å². The Kier molecular flexibility index (Phi) is 4.03. The lowest BCUT2D eigenvalue weighted by molar-refractivity contribution is -0.136. The summed E-state index contributed by atoms with van der Waals surface area (Å²) in [6.45, 7) is 4.27. The molecule has 1 unspecified atom stereocenters. The minimum Gasteiger partial charge on any atom is -0.335 e. The van der Waals surface area contributed by atoms with Crippen molar-refractivity contribution in [2.45, 2.75) is 32.4 Å². The second kappa shape index (κ2) is 5.72. The molecule has 1 fully saturated rings. The summed E-state index contributed by atoms with van der Waals surface area (Å²) in [5.41, 5.74) is 0.894. The van der Waals surface area contributed by atoms with E-state index in [4.69, 9.17) is 0 Å². The summed E-state index contributed by atoms with van der Waals surface area (Å²) in [7, 11) is 0. The first-order valence-corrected chi connectivity index (χ1v) is 6.08. The zero-order valence-corrected chi connectivity index (χ0v) is 10.1. The molecule has 0 spiro atoms. The van der Waals surface area contributed by atoms with Crippen molar-refractivity contribution in [1.29, 1.82) is 0 Å². The molecule has 1 atom stereocenters. The van der Waals surface area contributed by atoms with Gasteiger partial charge in [0.15, 0.2) is 0 Å². The Morgan fingerprint density at radius 2 is 2.47 bits per heavy atom. The van der Waals surface area contributed by atoms with E-state index in [-0.39, 0.29) is 11.9 Å². The highest BCUT2D eigenvalue weighted by molar-refractivity contribution is 5.82. The molecule has 0 saturated carbocycles. The van der Waals surface area contributed by atoms with E-state index in [2.05, 4.69) is 15.3 Å². The molecular formula is C12H18N4O. The Hall–Kier alpha value is -1.49. The lowest BCUT2D eigenvalue weighted by Gasteiger charge is -2.32. The number of nitrogens with one attached hydrogen (secondary N) is 1. The quantitative estimate of drug-likeness (QED) is 0.828. The van der Waals surface area contributed by atoms with Crippen LogP contribution in [0.4, 0.5) is 0 Å². The molecule has 1 aliphatic rings. The van der Waals surface area contributed by atoms with Gasteiger partial charge < -0.3 is 10.2 Å². The van der Waals surface area contributed by atoms with E-state index >= 15 is 0 Å². The van der Waals surface area contributed by atoms with Gasteiger partial charge in [0.25, 0.3) is 0 Å². The first-order chi connectivity index (χ1) is 8.31. The van der Waals surface area contributed by atoms with Crippen molar-refractivity contribution in [3.8, 4) is 0 Å².